The van der Waals surface area contributed by atoms with Crippen LogP contribution in [-0.2, 0) is 9.59 Å². The molecule has 1 fully saturated rings. The number of benzene rings is 2. The summed E-state index contributed by atoms with van der Waals surface area (Å²) in [4.78, 5) is 43.3. The lowest BCUT2D eigenvalue weighted by atomic mass is 10.0. The number of para-hydroxylation sites is 1. The van der Waals surface area contributed by atoms with Crippen molar-refractivity contribution in [3.63, 3.8) is 0 Å². The number of nitrogens with one attached hydrogen (secondary N) is 2. The lowest BCUT2D eigenvalue weighted by Crippen LogP contribution is -2.40. The third kappa shape index (κ3) is 4.72. The number of amides is 3. The maximum Gasteiger partial charge on any atom is 0.258 e. The van der Waals surface area contributed by atoms with Crippen LogP contribution in [0.3, 0.4) is 0 Å². The Balaban J connectivity index is 1.69. The number of likely N-dealkylation sites (tertiary alicyclic amines) is 1. The molecular formula is C25H24ClN5O3. The SMILES string of the molecule is C=CC(=O)Nc1cccc(C(=O)Nc2nc3cccc(Cl)c3n2C2CCCN(C(=O)C=C)C2)c1. The van der Waals surface area contributed by atoms with Gasteiger partial charge in [0.15, 0.2) is 0 Å². The number of imidazole rings is 1. The van der Waals surface area contributed by atoms with Crippen LogP contribution in [-0.4, -0.2) is 45.3 Å². The number of carbonyl (C=O) groups excluding carboxylic acids is 3. The van der Waals surface area contributed by atoms with Crippen molar-refractivity contribution in [1.82, 2.24) is 14.5 Å². The number of anilines is 2. The fourth-order valence-corrected chi connectivity index (χ4v) is 4.41. The summed E-state index contributed by atoms with van der Waals surface area (Å²) >= 11 is 6.54. The zero-order valence-electron chi connectivity index (χ0n) is 18.5. The minimum Gasteiger partial charge on any atom is -0.337 e. The van der Waals surface area contributed by atoms with Gasteiger partial charge in [0.1, 0.15) is 0 Å². The molecule has 1 aliphatic heterocycles. The van der Waals surface area contributed by atoms with Crippen LogP contribution in [0.4, 0.5) is 11.6 Å². The van der Waals surface area contributed by atoms with Crippen molar-refractivity contribution in [1.29, 1.82) is 0 Å². The van der Waals surface area contributed by atoms with E-state index in [1.54, 1.807) is 41.3 Å². The summed E-state index contributed by atoms with van der Waals surface area (Å²) in [5.41, 5.74) is 2.16. The molecular weight excluding hydrogens is 454 g/mol. The fourth-order valence-electron chi connectivity index (χ4n) is 4.15. The number of nitrogens with zero attached hydrogens (tertiary/aromatic N) is 3. The quantitative estimate of drug-likeness (QED) is 0.514. The van der Waals surface area contributed by atoms with E-state index >= 15 is 0 Å². The first-order valence-electron chi connectivity index (χ1n) is 10.8. The Morgan fingerprint density at radius 1 is 1.09 bits per heavy atom. The van der Waals surface area contributed by atoms with Crippen molar-refractivity contribution in [3.8, 4) is 0 Å². The van der Waals surface area contributed by atoms with Crippen molar-refractivity contribution in [2.75, 3.05) is 23.7 Å². The molecule has 4 rings (SSSR count). The standard InChI is InChI=1S/C25H24ClN5O3/c1-3-21(32)27-17-9-5-8-16(14-17)24(34)29-25-28-20-12-6-11-19(26)23(20)31(25)18-10-7-13-30(15-18)22(33)4-2/h3-6,8-9,11-12,14,18H,1-2,7,10,13,15H2,(H,27,32)(H,28,29,34). The summed E-state index contributed by atoms with van der Waals surface area (Å²) in [5, 5.41) is 6.04. The normalized spacial score (nSPS) is 15.6. The molecule has 1 unspecified atom stereocenters. The largest absolute Gasteiger partial charge is 0.337 e. The van der Waals surface area contributed by atoms with Gasteiger partial charge in [-0.15, -0.1) is 0 Å². The second-order valence-electron chi connectivity index (χ2n) is 7.93. The third-order valence-corrected chi connectivity index (χ3v) is 6.02. The van der Waals surface area contributed by atoms with E-state index in [9.17, 15) is 14.4 Å². The average molecular weight is 478 g/mol. The molecule has 3 amide bonds. The van der Waals surface area contributed by atoms with Gasteiger partial charge in [0.25, 0.3) is 5.91 Å². The molecule has 2 heterocycles. The summed E-state index contributed by atoms with van der Waals surface area (Å²) in [6.07, 6.45) is 4.06. The zero-order chi connectivity index (χ0) is 24.2. The molecule has 1 saturated heterocycles. The fraction of sp³-hybridized carbons (Fsp3) is 0.200. The Labute approximate surface area is 201 Å². The van der Waals surface area contributed by atoms with Gasteiger partial charge < -0.3 is 14.8 Å². The van der Waals surface area contributed by atoms with Crippen molar-refractivity contribution in [2.24, 2.45) is 0 Å². The van der Waals surface area contributed by atoms with Crippen LogP contribution >= 0.6 is 11.6 Å². The van der Waals surface area contributed by atoms with Crippen LogP contribution < -0.4 is 10.6 Å². The summed E-state index contributed by atoms with van der Waals surface area (Å²) in [5.74, 6) is -0.558. The molecule has 2 N–H and O–H groups in total. The number of piperidine rings is 1. The highest BCUT2D eigenvalue weighted by atomic mass is 35.5. The maximum absolute atomic E-state index is 13.1. The minimum atomic E-state index is -0.391. The Morgan fingerprint density at radius 3 is 2.65 bits per heavy atom. The molecule has 2 aromatic carbocycles. The molecule has 0 radical (unpaired) electrons. The van der Waals surface area contributed by atoms with Gasteiger partial charge in [-0.2, -0.15) is 0 Å². The Kier molecular flexibility index (Phi) is 6.79. The third-order valence-electron chi connectivity index (χ3n) is 5.71. The van der Waals surface area contributed by atoms with Crippen LogP contribution in [0.1, 0.15) is 29.2 Å². The van der Waals surface area contributed by atoms with E-state index in [4.69, 9.17) is 11.6 Å². The van der Waals surface area contributed by atoms with Gasteiger partial charge in [-0.25, -0.2) is 4.98 Å². The highest BCUT2D eigenvalue weighted by Gasteiger charge is 2.28. The van der Waals surface area contributed by atoms with E-state index in [0.29, 0.717) is 46.3 Å². The predicted octanol–water partition coefficient (Wildman–Crippen LogP) is 4.42. The van der Waals surface area contributed by atoms with Crippen molar-refractivity contribution < 1.29 is 14.4 Å². The Morgan fingerprint density at radius 2 is 1.88 bits per heavy atom. The number of carbonyl (C=O) groups is 3. The Hall–Kier alpha value is -3.91. The number of hydrogen-bond donors (Lipinski definition) is 2. The van der Waals surface area contributed by atoms with Crippen molar-refractivity contribution in [2.45, 2.75) is 18.9 Å². The number of halogens is 1. The van der Waals surface area contributed by atoms with E-state index in [0.717, 1.165) is 18.9 Å². The topological polar surface area (TPSA) is 96.3 Å². The van der Waals surface area contributed by atoms with Crippen LogP contribution in [0, 0.1) is 0 Å². The molecule has 174 valence electrons. The number of rotatable bonds is 6. The molecule has 3 aromatic rings. The summed E-state index contributed by atoms with van der Waals surface area (Å²) < 4.78 is 1.90. The molecule has 9 heteroatoms. The van der Waals surface area contributed by atoms with Gasteiger partial charge in [0.2, 0.25) is 17.8 Å². The molecule has 0 saturated carbocycles. The molecule has 0 aliphatic carbocycles. The molecule has 34 heavy (non-hydrogen) atoms. The number of hydrogen-bond acceptors (Lipinski definition) is 4. The molecule has 0 spiro atoms. The molecule has 1 atom stereocenters. The van der Waals surface area contributed by atoms with E-state index < -0.39 is 5.91 Å². The Bertz CT molecular complexity index is 1300. The first-order valence-corrected chi connectivity index (χ1v) is 11.2. The van der Waals surface area contributed by atoms with Crippen molar-refractivity contribution in [3.05, 3.63) is 78.4 Å². The van der Waals surface area contributed by atoms with Gasteiger partial charge in [-0.3, -0.25) is 19.7 Å². The van der Waals surface area contributed by atoms with Gasteiger partial charge in [-0.1, -0.05) is 36.9 Å². The summed E-state index contributed by atoms with van der Waals surface area (Å²) in [7, 11) is 0. The maximum atomic E-state index is 13.1. The van der Waals surface area contributed by atoms with E-state index in [1.165, 1.54) is 6.08 Å². The van der Waals surface area contributed by atoms with E-state index in [-0.39, 0.29) is 17.9 Å². The molecule has 0 bridgehead atoms. The second-order valence-corrected chi connectivity index (χ2v) is 8.33. The first-order chi connectivity index (χ1) is 16.4. The summed E-state index contributed by atoms with van der Waals surface area (Å²) in [6, 6.07) is 11.8. The lowest BCUT2D eigenvalue weighted by molar-refractivity contribution is -0.127. The van der Waals surface area contributed by atoms with Crippen LogP contribution in [0.15, 0.2) is 67.8 Å². The van der Waals surface area contributed by atoms with Gasteiger partial charge in [-0.05, 0) is 55.3 Å². The number of fused-ring (bicyclic) bond motifs is 1. The molecule has 8 nitrogen and oxygen atoms in total. The minimum absolute atomic E-state index is 0.129. The van der Waals surface area contributed by atoms with E-state index in [1.807, 2.05) is 10.6 Å². The predicted molar refractivity (Wildman–Crippen MR) is 133 cm³/mol. The zero-order valence-corrected chi connectivity index (χ0v) is 19.2. The lowest BCUT2D eigenvalue weighted by Gasteiger charge is -2.34. The summed E-state index contributed by atoms with van der Waals surface area (Å²) in [6.45, 7) is 8.12. The first kappa shape index (κ1) is 23.3. The van der Waals surface area contributed by atoms with Gasteiger partial charge in [0, 0.05) is 24.3 Å². The average Bonchev–Trinajstić information content (AvgIpc) is 3.22. The van der Waals surface area contributed by atoms with Crippen LogP contribution in [0.2, 0.25) is 5.02 Å². The van der Waals surface area contributed by atoms with Gasteiger partial charge >= 0.3 is 0 Å². The number of aromatic nitrogens is 2. The molecule has 1 aromatic heterocycles. The highest BCUT2D eigenvalue weighted by molar-refractivity contribution is 6.35. The monoisotopic (exact) mass is 477 g/mol. The molecule has 1 aliphatic rings. The van der Waals surface area contributed by atoms with Gasteiger partial charge in [0.05, 0.1) is 22.1 Å². The van der Waals surface area contributed by atoms with Crippen molar-refractivity contribution >= 4 is 52.0 Å². The highest BCUT2D eigenvalue weighted by Crippen LogP contribution is 2.34. The van der Waals surface area contributed by atoms with E-state index in [2.05, 4.69) is 28.8 Å². The van der Waals surface area contributed by atoms with Crippen LogP contribution in [0.25, 0.3) is 11.0 Å². The smallest absolute Gasteiger partial charge is 0.258 e. The second kappa shape index (κ2) is 9.93. The van der Waals surface area contributed by atoms with Crippen LogP contribution in [0.5, 0.6) is 0 Å².